The molecule has 0 bridgehead atoms. The van der Waals surface area contributed by atoms with Crippen LogP contribution in [0.5, 0.6) is 0 Å². The minimum Gasteiger partial charge on any atom is -0.444 e. The van der Waals surface area contributed by atoms with Gasteiger partial charge < -0.3 is 9.64 Å². The predicted octanol–water partition coefficient (Wildman–Crippen LogP) is 4.46. The summed E-state index contributed by atoms with van der Waals surface area (Å²) in [6, 6.07) is 2.12. The Morgan fingerprint density at radius 2 is 2.14 bits per heavy atom. The maximum atomic E-state index is 11.8. The molecule has 22 heavy (non-hydrogen) atoms. The summed E-state index contributed by atoms with van der Waals surface area (Å²) in [7, 11) is 1.75. The van der Waals surface area contributed by atoms with E-state index in [0.717, 1.165) is 17.7 Å². The summed E-state index contributed by atoms with van der Waals surface area (Å²) in [5.41, 5.74) is 0.628. The number of carbonyl (C=O) groups excluding carboxylic acids is 1. The number of amides is 1. The fourth-order valence-corrected chi connectivity index (χ4v) is 2.38. The van der Waals surface area contributed by atoms with Gasteiger partial charge in [-0.3, -0.25) is 4.98 Å². The van der Waals surface area contributed by atoms with Crippen LogP contribution in [0.2, 0.25) is 0 Å². The van der Waals surface area contributed by atoms with E-state index < -0.39 is 5.60 Å². The van der Waals surface area contributed by atoms with Gasteiger partial charge in [-0.25, -0.2) is 4.79 Å². The van der Waals surface area contributed by atoms with Gasteiger partial charge >= 0.3 is 6.09 Å². The van der Waals surface area contributed by atoms with Gasteiger partial charge in [-0.05, 0) is 44.6 Å². The van der Waals surface area contributed by atoms with E-state index in [1.165, 1.54) is 4.90 Å². The topological polar surface area (TPSA) is 42.4 Å². The van der Waals surface area contributed by atoms with Crippen molar-refractivity contribution in [1.29, 1.82) is 0 Å². The van der Waals surface area contributed by atoms with E-state index in [9.17, 15) is 4.79 Å². The highest BCUT2D eigenvalue weighted by atomic mass is 32.2. The number of thioether (sulfide) groups is 1. The number of aromatic nitrogens is 1. The fourth-order valence-electron chi connectivity index (χ4n) is 1.69. The minimum atomic E-state index is -0.454. The normalized spacial score (nSPS) is 11.7. The zero-order chi connectivity index (χ0) is 16.6. The van der Waals surface area contributed by atoms with Gasteiger partial charge in [-0.1, -0.05) is 19.1 Å². The van der Waals surface area contributed by atoms with Crippen molar-refractivity contribution in [3.8, 4) is 0 Å². The molecule has 0 aliphatic carbocycles. The van der Waals surface area contributed by atoms with E-state index in [-0.39, 0.29) is 6.09 Å². The second-order valence-corrected chi connectivity index (χ2v) is 7.32. The molecule has 0 saturated heterocycles. The molecular formula is C17H26N2O2S. The average molecular weight is 322 g/mol. The molecule has 122 valence electrons. The number of rotatable bonds is 6. The van der Waals surface area contributed by atoms with Crippen LogP contribution in [0.1, 0.15) is 39.7 Å². The first-order valence-corrected chi connectivity index (χ1v) is 8.49. The van der Waals surface area contributed by atoms with Crippen molar-refractivity contribution in [1.82, 2.24) is 9.88 Å². The summed E-state index contributed by atoms with van der Waals surface area (Å²) in [4.78, 5) is 18.8. The van der Waals surface area contributed by atoms with Gasteiger partial charge in [0.2, 0.25) is 0 Å². The molecule has 0 radical (unpaired) electrons. The second kappa shape index (κ2) is 8.83. The first-order chi connectivity index (χ1) is 10.3. The number of nitrogens with zero attached hydrogens (tertiary/aromatic N) is 2. The van der Waals surface area contributed by atoms with E-state index in [0.29, 0.717) is 6.54 Å². The van der Waals surface area contributed by atoms with Crippen molar-refractivity contribution in [2.24, 2.45) is 0 Å². The van der Waals surface area contributed by atoms with E-state index in [2.05, 4.69) is 24.1 Å². The molecule has 1 heterocycles. The largest absolute Gasteiger partial charge is 0.444 e. The smallest absolute Gasteiger partial charge is 0.410 e. The summed E-state index contributed by atoms with van der Waals surface area (Å²) in [5, 5.41) is 0. The number of pyridine rings is 1. The van der Waals surface area contributed by atoms with Crippen LogP contribution in [0, 0.1) is 0 Å². The molecule has 0 atom stereocenters. The molecule has 0 N–H and O–H groups in total. The van der Waals surface area contributed by atoms with Crippen molar-refractivity contribution in [2.75, 3.05) is 19.3 Å². The Bertz CT molecular complexity index is 510. The highest BCUT2D eigenvalue weighted by Crippen LogP contribution is 2.18. The molecule has 1 rings (SSSR count). The number of hydrogen-bond acceptors (Lipinski definition) is 4. The number of ether oxygens (including phenoxy) is 1. The van der Waals surface area contributed by atoms with Crippen LogP contribution < -0.4 is 0 Å². The average Bonchev–Trinajstić information content (AvgIpc) is 2.42. The van der Waals surface area contributed by atoms with Crippen LogP contribution in [0.3, 0.4) is 0 Å². The molecule has 0 unspecified atom stereocenters. The first kappa shape index (κ1) is 18.6. The Labute approximate surface area is 137 Å². The van der Waals surface area contributed by atoms with Crippen LogP contribution in [0.15, 0.2) is 29.4 Å². The van der Waals surface area contributed by atoms with Crippen molar-refractivity contribution in [3.63, 3.8) is 0 Å². The molecule has 0 aliphatic heterocycles. The highest BCUT2D eigenvalue weighted by Gasteiger charge is 2.18. The lowest BCUT2D eigenvalue weighted by molar-refractivity contribution is 0.0302. The first-order valence-electron chi connectivity index (χ1n) is 7.50. The molecule has 1 aromatic heterocycles. The molecule has 0 saturated carbocycles. The Kier molecular flexibility index (Phi) is 7.45. The molecule has 0 spiro atoms. The Morgan fingerprint density at radius 3 is 2.77 bits per heavy atom. The molecule has 5 heteroatoms. The number of hydrogen-bond donors (Lipinski definition) is 0. The van der Waals surface area contributed by atoms with Gasteiger partial charge in [0.05, 0.1) is 0 Å². The summed E-state index contributed by atoms with van der Waals surface area (Å²) in [6.07, 6.45) is 8.30. The third kappa shape index (κ3) is 7.50. The molecule has 0 aromatic carbocycles. The van der Waals surface area contributed by atoms with Crippen molar-refractivity contribution < 1.29 is 9.53 Å². The molecule has 1 aromatic rings. The molecule has 4 nitrogen and oxygen atoms in total. The zero-order valence-corrected chi connectivity index (χ0v) is 14.9. The lowest BCUT2D eigenvalue weighted by atomic mass is 10.2. The van der Waals surface area contributed by atoms with Gasteiger partial charge in [-0.15, -0.1) is 11.8 Å². The standard InChI is InChI=1S/C17H26N2O2S/c1-6-22-15-11-14(12-18-13-15)9-7-8-10-19(5)16(20)21-17(2,3)4/h7,9,11-13H,6,8,10H2,1-5H3. The van der Waals surface area contributed by atoms with Gasteiger partial charge in [0, 0.05) is 30.9 Å². The van der Waals surface area contributed by atoms with Crippen molar-refractivity contribution in [2.45, 2.75) is 44.6 Å². The lowest BCUT2D eigenvalue weighted by Crippen LogP contribution is -2.34. The SMILES string of the molecule is CCSc1cncc(C=CCCN(C)C(=O)OC(C)(C)C)c1. The quantitative estimate of drug-likeness (QED) is 0.725. The summed E-state index contributed by atoms with van der Waals surface area (Å²) in [5.74, 6) is 1.04. The monoisotopic (exact) mass is 322 g/mol. The Balaban J connectivity index is 2.43. The predicted molar refractivity (Wildman–Crippen MR) is 93.2 cm³/mol. The van der Waals surface area contributed by atoms with Gasteiger partial charge in [0.25, 0.3) is 0 Å². The maximum absolute atomic E-state index is 11.8. The van der Waals surface area contributed by atoms with Crippen LogP contribution >= 0.6 is 11.8 Å². The fraction of sp³-hybridized carbons (Fsp3) is 0.529. The second-order valence-electron chi connectivity index (χ2n) is 5.98. The van der Waals surface area contributed by atoms with Crippen LogP contribution in [-0.2, 0) is 4.74 Å². The van der Waals surface area contributed by atoms with Crippen LogP contribution in [0.25, 0.3) is 6.08 Å². The third-order valence-corrected chi connectivity index (χ3v) is 3.54. The van der Waals surface area contributed by atoms with E-state index in [1.807, 2.05) is 39.2 Å². The van der Waals surface area contributed by atoms with E-state index in [4.69, 9.17) is 4.74 Å². The zero-order valence-electron chi connectivity index (χ0n) is 14.1. The lowest BCUT2D eigenvalue weighted by Gasteiger charge is -2.24. The van der Waals surface area contributed by atoms with Crippen LogP contribution in [0.4, 0.5) is 4.79 Å². The van der Waals surface area contributed by atoms with E-state index >= 15 is 0 Å². The summed E-state index contributed by atoms with van der Waals surface area (Å²) < 4.78 is 5.31. The Hall–Kier alpha value is -1.49. The molecule has 0 aliphatic rings. The highest BCUT2D eigenvalue weighted by molar-refractivity contribution is 7.99. The van der Waals surface area contributed by atoms with Gasteiger partial charge in [0.1, 0.15) is 5.60 Å². The summed E-state index contributed by atoms with van der Waals surface area (Å²) in [6.45, 7) is 8.36. The van der Waals surface area contributed by atoms with Crippen LogP contribution in [-0.4, -0.2) is 40.9 Å². The van der Waals surface area contributed by atoms with Gasteiger partial charge in [0.15, 0.2) is 0 Å². The summed E-state index contributed by atoms with van der Waals surface area (Å²) >= 11 is 1.78. The van der Waals surface area contributed by atoms with Gasteiger partial charge in [-0.2, -0.15) is 0 Å². The Morgan fingerprint density at radius 1 is 1.41 bits per heavy atom. The minimum absolute atomic E-state index is 0.288. The molecule has 0 fully saturated rings. The third-order valence-electron chi connectivity index (χ3n) is 2.69. The van der Waals surface area contributed by atoms with Crippen molar-refractivity contribution in [3.05, 3.63) is 30.1 Å². The molecular weight excluding hydrogens is 296 g/mol. The number of carbonyl (C=O) groups is 1. The molecule has 1 amide bonds. The van der Waals surface area contributed by atoms with E-state index in [1.54, 1.807) is 23.7 Å². The van der Waals surface area contributed by atoms with Crippen molar-refractivity contribution >= 4 is 23.9 Å². The maximum Gasteiger partial charge on any atom is 0.410 e.